The van der Waals surface area contributed by atoms with Crippen LogP contribution in [-0.2, 0) is 5.41 Å². The van der Waals surface area contributed by atoms with E-state index in [9.17, 15) is 0 Å². The Hall–Kier alpha value is -7.65. The van der Waals surface area contributed by atoms with E-state index in [0.717, 1.165) is 0 Å². The predicted octanol–water partition coefficient (Wildman–Crippen LogP) is 14.5. The van der Waals surface area contributed by atoms with E-state index in [-0.39, 0.29) is 13.4 Å². The molecule has 3 heterocycles. The molecule has 0 fully saturated rings. The second-order valence-electron chi connectivity index (χ2n) is 26.6. The van der Waals surface area contributed by atoms with Crippen LogP contribution in [0.3, 0.4) is 0 Å². The molecule has 1 spiro atoms. The van der Waals surface area contributed by atoms with Crippen LogP contribution < -0.4 is 53.2 Å². The van der Waals surface area contributed by atoms with Crippen molar-refractivity contribution in [3.8, 4) is 11.1 Å². The van der Waals surface area contributed by atoms with Gasteiger partial charge in [-0.15, -0.1) is 0 Å². The first-order valence-corrected chi connectivity index (χ1v) is 33.3. The molecule has 0 aliphatic carbocycles. The Morgan fingerprint density at radius 1 is 0.333 bits per heavy atom. The molecule has 0 N–H and O–H groups in total. The maximum absolute atomic E-state index is 2.67. The van der Waals surface area contributed by atoms with Crippen molar-refractivity contribution in [2.24, 2.45) is 0 Å². The van der Waals surface area contributed by atoms with Crippen LogP contribution in [0.15, 0.2) is 212 Å². The number of nitrogens with zero attached hydrogens (tertiary/aromatic N) is 1. The summed E-state index contributed by atoms with van der Waals surface area (Å²) in [7, 11) is -2.10. The molecule has 0 unspecified atom stereocenters. The third-order valence-corrected chi connectivity index (χ3v) is 23.0. The van der Waals surface area contributed by atoms with Gasteiger partial charge in [-0.25, -0.2) is 0 Å². The molecule has 0 bridgehead atoms. The molecule has 84 heavy (non-hydrogen) atoms. The van der Waals surface area contributed by atoms with Gasteiger partial charge in [0, 0.05) is 5.69 Å². The average Bonchev–Trinajstić information content (AvgIpc) is 0.741. The molecule has 0 amide bonds. The number of hydrogen-bond donors (Lipinski definition) is 0. The van der Waals surface area contributed by atoms with Gasteiger partial charge in [0.15, 0.2) is 0 Å². The van der Waals surface area contributed by atoms with Crippen molar-refractivity contribution in [2.75, 3.05) is 4.90 Å². The van der Waals surface area contributed by atoms with E-state index in [1.807, 2.05) is 0 Å². The van der Waals surface area contributed by atoms with Crippen LogP contribution >= 0.6 is 0 Å². The monoisotopic (exact) mass is 1110 g/mol. The second-order valence-corrected chi connectivity index (χ2v) is 29.3. The highest BCUT2D eigenvalue weighted by atomic mass is 28.3. The fraction of sp³-hybridized carbons (Fsp3) is 0.250. The van der Waals surface area contributed by atoms with Gasteiger partial charge in [0.25, 0.3) is 0 Å². The predicted molar refractivity (Wildman–Crippen MR) is 369 cm³/mol. The van der Waals surface area contributed by atoms with Gasteiger partial charge in [-0.1, -0.05) is 304 Å². The minimum Gasteiger partial charge on any atom is -0.310 e. The summed E-state index contributed by atoms with van der Waals surface area (Å²) in [5, 5.41) is 4.45. The van der Waals surface area contributed by atoms with Crippen LogP contribution in [0.5, 0.6) is 0 Å². The molecule has 10 aromatic rings. The molecule has 13 rings (SSSR count). The minimum atomic E-state index is -2.10. The Labute approximate surface area is 505 Å². The van der Waals surface area contributed by atoms with Gasteiger partial charge < -0.3 is 4.90 Å². The molecule has 0 saturated heterocycles. The number of hydrogen-bond acceptors (Lipinski definition) is 1. The van der Waals surface area contributed by atoms with Crippen LogP contribution in [0.1, 0.15) is 180 Å². The summed E-state index contributed by atoms with van der Waals surface area (Å²) in [5.41, 5.74) is 30.0. The van der Waals surface area contributed by atoms with E-state index >= 15 is 0 Å². The van der Waals surface area contributed by atoms with Crippen molar-refractivity contribution < 1.29 is 0 Å². The standard InChI is InChI=1S/C80H81B2NSi/c1-49(2)56-44-61(51(5)6)78(62(45-56)52(7)8)81-69-35-21-22-36-70(69)82(79-63(53(9)10)46-57(50(3)4)47-64(79)54(11)12)72-48-58(42-43-71(72)81)83-73-37-23-17-31-65(73)80(66-32-18-24-38-74(66)83)67-33-19-26-40-76(67)84(77-41-27-20-34-68(77)80)75-39-25-16-30-60(75)59-29-15-14-28-55(59)13/h14-54,84H,1-13H3. The first-order valence-electron chi connectivity index (χ1n) is 31.5. The van der Waals surface area contributed by atoms with E-state index in [1.54, 1.807) is 0 Å². The summed E-state index contributed by atoms with van der Waals surface area (Å²) in [6.07, 6.45) is 0. The van der Waals surface area contributed by atoms with Gasteiger partial charge in [-0.2, -0.15) is 0 Å². The number of benzene rings is 10. The number of aryl methyl sites for hydroxylation is 1. The van der Waals surface area contributed by atoms with Gasteiger partial charge >= 0.3 is 0 Å². The third-order valence-electron chi connectivity index (χ3n) is 19.7. The fourth-order valence-corrected chi connectivity index (χ4v) is 19.4. The zero-order valence-electron chi connectivity index (χ0n) is 51.9. The molecular weight excluding hydrogens is 1020 g/mol. The quantitative estimate of drug-likeness (QED) is 0.117. The van der Waals surface area contributed by atoms with Gasteiger partial charge in [0.05, 0.1) is 16.8 Å². The average molecular weight is 1110 g/mol. The van der Waals surface area contributed by atoms with E-state index in [0.29, 0.717) is 35.5 Å². The zero-order chi connectivity index (χ0) is 58.5. The first kappa shape index (κ1) is 55.5. The summed E-state index contributed by atoms with van der Waals surface area (Å²) < 4.78 is 0. The van der Waals surface area contributed by atoms with E-state index in [4.69, 9.17) is 0 Å². The normalized spacial score (nSPS) is 14.2. The van der Waals surface area contributed by atoms with Crippen molar-refractivity contribution in [2.45, 2.75) is 131 Å². The highest BCUT2D eigenvalue weighted by Crippen LogP contribution is 2.58. The molecule has 3 aliphatic rings. The Kier molecular flexibility index (Phi) is 14.4. The molecule has 0 atom stereocenters. The Bertz CT molecular complexity index is 4020. The van der Waals surface area contributed by atoms with Crippen molar-refractivity contribution in [3.05, 3.63) is 274 Å². The van der Waals surface area contributed by atoms with E-state index < -0.39 is 14.2 Å². The Morgan fingerprint density at radius 3 is 1.15 bits per heavy atom. The molecule has 1 nitrogen and oxygen atoms in total. The molecule has 416 valence electrons. The van der Waals surface area contributed by atoms with Crippen LogP contribution in [0, 0.1) is 6.92 Å². The first-order chi connectivity index (χ1) is 40.6. The SMILES string of the molecule is Cc1ccccc1-c1ccccc1[SiH]1c2ccccc2C2(c3ccccc3N(c3ccc4c(c3)B(c3c(C(C)C)cc(C(C)C)cc3C(C)C)c3ccccc3B4c3c(C(C)C)cc(C(C)C)cc3C(C)C)c3ccccc32)c2ccccc21. The second kappa shape index (κ2) is 21.8. The van der Waals surface area contributed by atoms with Crippen LogP contribution in [0.2, 0.25) is 0 Å². The van der Waals surface area contributed by atoms with Crippen LogP contribution in [-0.4, -0.2) is 22.2 Å². The van der Waals surface area contributed by atoms with Crippen molar-refractivity contribution in [1.82, 2.24) is 0 Å². The number of rotatable bonds is 11. The smallest absolute Gasteiger partial charge is 0.240 e. The zero-order valence-corrected chi connectivity index (χ0v) is 53.0. The fourth-order valence-electron chi connectivity index (χ4n) is 15.7. The number of para-hydroxylation sites is 2. The summed E-state index contributed by atoms with van der Waals surface area (Å²) in [4.78, 5) is 2.65. The number of fused-ring (bicyclic) bond motifs is 10. The topological polar surface area (TPSA) is 3.24 Å². The van der Waals surface area contributed by atoms with Crippen molar-refractivity contribution >= 4 is 87.6 Å². The maximum atomic E-state index is 2.67. The van der Waals surface area contributed by atoms with Crippen LogP contribution in [0.25, 0.3) is 11.1 Å². The minimum absolute atomic E-state index is 0.00603. The summed E-state index contributed by atoms with van der Waals surface area (Å²) in [6, 6.07) is 84.0. The summed E-state index contributed by atoms with van der Waals surface area (Å²) in [6.45, 7) is 31.1. The van der Waals surface area contributed by atoms with Crippen LogP contribution in [0.4, 0.5) is 17.1 Å². The van der Waals surface area contributed by atoms with Gasteiger partial charge in [-0.3, -0.25) is 0 Å². The molecule has 0 radical (unpaired) electrons. The molecule has 0 saturated carbocycles. The van der Waals surface area contributed by atoms with Gasteiger partial charge in [0.2, 0.25) is 13.4 Å². The Balaban J connectivity index is 1.09. The lowest BCUT2D eigenvalue weighted by Crippen LogP contribution is -2.76. The molecule has 10 aromatic carbocycles. The van der Waals surface area contributed by atoms with E-state index in [2.05, 4.69) is 307 Å². The lowest BCUT2D eigenvalue weighted by molar-refractivity contribution is 0.737. The summed E-state index contributed by atoms with van der Waals surface area (Å²) >= 11 is 0. The lowest BCUT2D eigenvalue weighted by atomic mass is 9.20. The number of anilines is 3. The maximum Gasteiger partial charge on any atom is 0.240 e. The van der Waals surface area contributed by atoms with E-state index in [1.165, 1.54) is 138 Å². The van der Waals surface area contributed by atoms with Crippen molar-refractivity contribution in [3.63, 3.8) is 0 Å². The Morgan fingerprint density at radius 2 is 0.702 bits per heavy atom. The highest BCUT2D eigenvalue weighted by Gasteiger charge is 2.53. The highest BCUT2D eigenvalue weighted by molar-refractivity contribution is 7.11. The largest absolute Gasteiger partial charge is 0.310 e. The molecule has 0 aromatic heterocycles. The molecule has 3 aliphatic heterocycles. The van der Waals surface area contributed by atoms with Gasteiger partial charge in [0.1, 0.15) is 8.80 Å². The van der Waals surface area contributed by atoms with Gasteiger partial charge in [-0.05, 0) is 155 Å². The third kappa shape index (κ3) is 8.71. The summed E-state index contributed by atoms with van der Waals surface area (Å²) in [5.74, 6) is 2.19. The molecular formula is C80H81B2NSi. The molecule has 4 heteroatoms. The lowest BCUT2D eigenvalue weighted by Gasteiger charge is -2.50. The van der Waals surface area contributed by atoms with Crippen molar-refractivity contribution in [1.29, 1.82) is 0 Å².